The molecule has 0 spiro atoms. The van der Waals surface area contributed by atoms with Crippen LogP contribution in [0, 0.1) is 12.8 Å². The smallest absolute Gasteiger partial charge is 0.304 e. The van der Waals surface area contributed by atoms with Crippen molar-refractivity contribution in [2.45, 2.75) is 53.1 Å². The number of rotatable bonds is 10. The maximum absolute atomic E-state index is 11.0. The predicted molar refractivity (Wildman–Crippen MR) is 105 cm³/mol. The van der Waals surface area contributed by atoms with Crippen molar-refractivity contribution >= 4 is 17.3 Å². The van der Waals surface area contributed by atoms with Gasteiger partial charge in [0.1, 0.15) is 0 Å². The summed E-state index contributed by atoms with van der Waals surface area (Å²) in [5.74, 6) is -0.0316. The third kappa shape index (κ3) is 7.41. The van der Waals surface area contributed by atoms with Gasteiger partial charge in [0.15, 0.2) is 0 Å². The first-order valence-corrected chi connectivity index (χ1v) is 9.86. The summed E-state index contributed by atoms with van der Waals surface area (Å²) in [7, 11) is 0. The van der Waals surface area contributed by atoms with Gasteiger partial charge in [-0.2, -0.15) is 0 Å². The van der Waals surface area contributed by atoms with Crippen LogP contribution in [0.1, 0.15) is 48.3 Å². The van der Waals surface area contributed by atoms with Gasteiger partial charge in [-0.25, -0.2) is 0 Å². The highest BCUT2D eigenvalue weighted by Gasteiger charge is 2.11. The lowest BCUT2D eigenvalue weighted by Crippen LogP contribution is -2.25. The summed E-state index contributed by atoms with van der Waals surface area (Å²) in [5, 5.41) is 11.2. The number of hydrogen-bond acceptors (Lipinski definition) is 3. The van der Waals surface area contributed by atoms with Crippen molar-refractivity contribution in [3.63, 3.8) is 0 Å². The Hall–Kier alpha value is -1.65. The van der Waals surface area contributed by atoms with Crippen LogP contribution in [0.3, 0.4) is 0 Å². The molecule has 4 heteroatoms. The van der Waals surface area contributed by atoms with Crippen LogP contribution in [0.25, 0.3) is 0 Å². The van der Waals surface area contributed by atoms with E-state index >= 15 is 0 Å². The highest BCUT2D eigenvalue weighted by molar-refractivity contribution is 7.10. The summed E-state index contributed by atoms with van der Waals surface area (Å²) in [6.07, 6.45) is 2.48. The summed E-state index contributed by atoms with van der Waals surface area (Å²) in [4.78, 5) is 14.5. The maximum Gasteiger partial charge on any atom is 0.304 e. The zero-order valence-corrected chi connectivity index (χ0v) is 16.3. The van der Waals surface area contributed by atoms with E-state index < -0.39 is 5.97 Å². The van der Waals surface area contributed by atoms with Gasteiger partial charge in [0, 0.05) is 24.5 Å². The van der Waals surface area contributed by atoms with Crippen LogP contribution in [0.15, 0.2) is 35.7 Å². The van der Waals surface area contributed by atoms with E-state index in [2.05, 4.69) is 61.4 Å². The number of benzene rings is 1. The van der Waals surface area contributed by atoms with Crippen LogP contribution in [0.2, 0.25) is 0 Å². The molecule has 0 aliphatic heterocycles. The van der Waals surface area contributed by atoms with E-state index in [0.29, 0.717) is 12.5 Å². The number of thiophene rings is 1. The number of hydrogen-bond donors (Lipinski definition) is 1. The lowest BCUT2D eigenvalue weighted by Gasteiger charge is -2.21. The molecule has 2 rings (SSSR count). The van der Waals surface area contributed by atoms with Crippen molar-refractivity contribution in [2.75, 3.05) is 6.54 Å². The van der Waals surface area contributed by atoms with Crippen LogP contribution in [0.4, 0.5) is 0 Å². The first-order chi connectivity index (χ1) is 11.9. The molecule has 0 saturated carbocycles. The van der Waals surface area contributed by atoms with Crippen LogP contribution < -0.4 is 0 Å². The van der Waals surface area contributed by atoms with Gasteiger partial charge < -0.3 is 5.11 Å². The summed E-state index contributed by atoms with van der Waals surface area (Å²) in [5.41, 5.74) is 3.91. The minimum Gasteiger partial charge on any atom is -0.481 e. The molecule has 0 radical (unpaired) electrons. The fourth-order valence-electron chi connectivity index (χ4n) is 2.86. The summed E-state index contributed by atoms with van der Waals surface area (Å²) >= 11 is 1.75. The molecular weight excluding hydrogens is 330 g/mol. The van der Waals surface area contributed by atoms with Crippen LogP contribution >= 0.6 is 11.3 Å². The lowest BCUT2D eigenvalue weighted by molar-refractivity contribution is -0.137. The molecule has 1 aromatic carbocycles. The van der Waals surface area contributed by atoms with Crippen molar-refractivity contribution in [1.29, 1.82) is 0 Å². The van der Waals surface area contributed by atoms with Crippen molar-refractivity contribution in [2.24, 2.45) is 5.92 Å². The molecule has 1 heterocycles. The molecule has 2 aromatic rings. The Balaban J connectivity index is 2.04. The van der Waals surface area contributed by atoms with E-state index in [1.807, 2.05) is 0 Å². The summed E-state index contributed by atoms with van der Waals surface area (Å²) in [6.45, 7) is 8.77. The average molecular weight is 360 g/mol. The number of aliphatic carboxylic acids is 1. The Labute approximate surface area is 155 Å². The van der Waals surface area contributed by atoms with Gasteiger partial charge in [-0.1, -0.05) is 38.1 Å². The highest BCUT2D eigenvalue weighted by Crippen LogP contribution is 2.19. The molecule has 0 aliphatic rings. The molecule has 0 fully saturated rings. The second-order valence-corrected chi connectivity index (χ2v) is 8.19. The first kappa shape index (κ1) is 19.7. The van der Waals surface area contributed by atoms with Crippen molar-refractivity contribution in [1.82, 2.24) is 4.90 Å². The highest BCUT2D eigenvalue weighted by atomic mass is 32.1. The zero-order chi connectivity index (χ0) is 18.2. The third-order valence-corrected chi connectivity index (χ3v) is 5.25. The SMILES string of the molecule is Cc1csc(CN(CCC(=O)O)Cc2cccc(CCC(C)C)c2)c1. The maximum atomic E-state index is 11.0. The van der Waals surface area contributed by atoms with Gasteiger partial charge in [-0.3, -0.25) is 9.69 Å². The molecule has 0 saturated heterocycles. The Morgan fingerprint density at radius 2 is 1.96 bits per heavy atom. The molecule has 25 heavy (non-hydrogen) atoms. The van der Waals surface area contributed by atoms with Crippen molar-refractivity contribution in [3.05, 3.63) is 57.3 Å². The quantitative estimate of drug-likeness (QED) is 0.640. The third-order valence-electron chi connectivity index (χ3n) is 4.21. The Morgan fingerprint density at radius 1 is 1.20 bits per heavy atom. The molecule has 1 N–H and O–H groups in total. The largest absolute Gasteiger partial charge is 0.481 e. The van der Waals surface area contributed by atoms with E-state index in [0.717, 1.165) is 19.5 Å². The van der Waals surface area contributed by atoms with Gasteiger partial charge in [0.05, 0.1) is 6.42 Å². The van der Waals surface area contributed by atoms with Gasteiger partial charge in [-0.15, -0.1) is 11.3 Å². The van der Waals surface area contributed by atoms with Gasteiger partial charge >= 0.3 is 5.97 Å². The molecular formula is C21H29NO2S. The molecule has 0 aliphatic carbocycles. The van der Waals surface area contributed by atoms with Crippen LogP contribution in [-0.4, -0.2) is 22.5 Å². The summed E-state index contributed by atoms with van der Waals surface area (Å²) < 4.78 is 0. The fraction of sp³-hybridized carbons (Fsp3) is 0.476. The molecule has 0 unspecified atom stereocenters. The second kappa shape index (κ2) is 9.73. The Bertz CT molecular complexity index is 678. The van der Waals surface area contributed by atoms with Gasteiger partial charge in [-0.05, 0) is 53.8 Å². The normalized spacial score (nSPS) is 11.4. The minimum absolute atomic E-state index is 0.178. The molecule has 3 nitrogen and oxygen atoms in total. The zero-order valence-electron chi connectivity index (χ0n) is 15.5. The molecule has 0 amide bonds. The van der Waals surface area contributed by atoms with E-state index in [-0.39, 0.29) is 6.42 Å². The molecule has 1 aromatic heterocycles. The topological polar surface area (TPSA) is 40.5 Å². The first-order valence-electron chi connectivity index (χ1n) is 8.98. The van der Waals surface area contributed by atoms with Gasteiger partial charge in [0.2, 0.25) is 0 Å². The monoisotopic (exact) mass is 359 g/mol. The van der Waals surface area contributed by atoms with E-state index in [1.165, 1.54) is 28.0 Å². The van der Waals surface area contributed by atoms with Crippen LogP contribution in [-0.2, 0) is 24.3 Å². The van der Waals surface area contributed by atoms with E-state index in [1.54, 1.807) is 11.3 Å². The number of carbonyl (C=O) groups is 1. The number of carboxylic acids is 1. The number of nitrogens with zero attached hydrogens (tertiary/aromatic N) is 1. The van der Waals surface area contributed by atoms with Crippen molar-refractivity contribution in [3.8, 4) is 0 Å². The Kier molecular flexibility index (Phi) is 7.66. The average Bonchev–Trinajstić information content (AvgIpc) is 2.96. The predicted octanol–water partition coefficient (Wildman–Crippen LogP) is 5.12. The van der Waals surface area contributed by atoms with E-state index in [4.69, 9.17) is 5.11 Å². The van der Waals surface area contributed by atoms with E-state index in [9.17, 15) is 4.79 Å². The minimum atomic E-state index is -0.738. The van der Waals surface area contributed by atoms with Gasteiger partial charge in [0.25, 0.3) is 0 Å². The standard InChI is InChI=1S/C21H29NO2S/c1-16(2)7-8-18-5-4-6-19(12-18)13-22(10-9-21(23)24)14-20-11-17(3)15-25-20/h4-6,11-12,15-16H,7-10,13-14H2,1-3H3,(H,23,24). The summed E-state index contributed by atoms with van der Waals surface area (Å²) in [6, 6.07) is 10.9. The number of carboxylic acid groups (broad SMARTS) is 1. The number of aryl methyl sites for hydroxylation is 2. The Morgan fingerprint density at radius 3 is 2.60 bits per heavy atom. The molecule has 0 atom stereocenters. The fourth-order valence-corrected chi connectivity index (χ4v) is 3.78. The molecule has 0 bridgehead atoms. The van der Waals surface area contributed by atoms with Crippen molar-refractivity contribution < 1.29 is 9.90 Å². The second-order valence-electron chi connectivity index (χ2n) is 7.20. The lowest BCUT2D eigenvalue weighted by atomic mass is 10.0. The van der Waals surface area contributed by atoms with Crippen LogP contribution in [0.5, 0.6) is 0 Å². The molecule has 136 valence electrons.